The van der Waals surface area contributed by atoms with Crippen LogP contribution in [-0.4, -0.2) is 5.91 Å². The van der Waals surface area contributed by atoms with Gasteiger partial charge in [0.05, 0.1) is 11.3 Å². The number of carbonyl (C=O) groups excluding carboxylic acids is 1. The maximum Gasteiger partial charge on any atom is 0.245 e. The zero-order valence-corrected chi connectivity index (χ0v) is 12.1. The van der Waals surface area contributed by atoms with E-state index in [1.165, 1.54) is 0 Å². The number of nitrogens with zero attached hydrogens (tertiary/aromatic N) is 1. The van der Waals surface area contributed by atoms with Gasteiger partial charge in [-0.05, 0) is 23.8 Å². The van der Waals surface area contributed by atoms with Crippen LogP contribution in [0.5, 0.6) is 0 Å². The van der Waals surface area contributed by atoms with Crippen molar-refractivity contribution >= 4 is 27.5 Å². The molecule has 1 atom stereocenters. The average molecular weight is 330 g/mol. The number of nitriles is 1. The highest BCUT2D eigenvalue weighted by molar-refractivity contribution is 9.10. The molecule has 0 heterocycles. The Kier molecular flexibility index (Phi) is 4.51. The molecule has 0 saturated heterocycles. The molecule has 2 aromatic rings. The SMILES string of the molecule is N#Cc1cc(Br)ccc1NC(=O)C(N)c1ccccc1. The molecule has 2 rings (SSSR count). The van der Waals surface area contributed by atoms with Crippen LogP contribution in [0.3, 0.4) is 0 Å². The van der Waals surface area contributed by atoms with Gasteiger partial charge in [-0.25, -0.2) is 0 Å². The van der Waals surface area contributed by atoms with Crippen molar-refractivity contribution in [1.29, 1.82) is 5.26 Å². The summed E-state index contributed by atoms with van der Waals surface area (Å²) in [4.78, 5) is 12.1. The van der Waals surface area contributed by atoms with Crippen LogP contribution in [0.25, 0.3) is 0 Å². The predicted molar refractivity (Wildman–Crippen MR) is 80.9 cm³/mol. The van der Waals surface area contributed by atoms with Crippen LogP contribution < -0.4 is 11.1 Å². The van der Waals surface area contributed by atoms with Crippen LogP contribution in [0, 0.1) is 11.3 Å². The molecule has 4 nitrogen and oxygen atoms in total. The van der Waals surface area contributed by atoms with Crippen molar-refractivity contribution in [3.63, 3.8) is 0 Å². The Hall–Kier alpha value is -2.16. The molecule has 0 aliphatic heterocycles. The van der Waals surface area contributed by atoms with Crippen LogP contribution in [0.2, 0.25) is 0 Å². The standard InChI is InChI=1S/C15H12BrN3O/c16-12-6-7-13(11(8-12)9-17)19-15(20)14(18)10-4-2-1-3-5-10/h1-8,14H,18H2,(H,19,20). The Morgan fingerprint density at radius 1 is 1.25 bits per heavy atom. The summed E-state index contributed by atoms with van der Waals surface area (Å²) in [5.74, 6) is -0.352. The lowest BCUT2D eigenvalue weighted by Gasteiger charge is -2.13. The highest BCUT2D eigenvalue weighted by atomic mass is 79.9. The molecular formula is C15H12BrN3O. The number of carbonyl (C=O) groups is 1. The van der Waals surface area contributed by atoms with Crippen LogP contribution >= 0.6 is 15.9 Å². The summed E-state index contributed by atoms with van der Waals surface area (Å²) in [5.41, 5.74) is 7.46. The summed E-state index contributed by atoms with van der Waals surface area (Å²) in [5, 5.41) is 11.7. The Labute approximate surface area is 125 Å². The van der Waals surface area contributed by atoms with E-state index in [1.54, 1.807) is 30.3 Å². The molecule has 0 aromatic heterocycles. The molecule has 20 heavy (non-hydrogen) atoms. The van der Waals surface area contributed by atoms with Crippen molar-refractivity contribution in [3.8, 4) is 6.07 Å². The molecule has 0 radical (unpaired) electrons. The largest absolute Gasteiger partial charge is 0.323 e. The van der Waals surface area contributed by atoms with E-state index in [0.717, 1.165) is 10.0 Å². The third-order valence-corrected chi connectivity index (χ3v) is 3.29. The van der Waals surface area contributed by atoms with E-state index in [0.29, 0.717) is 11.3 Å². The lowest BCUT2D eigenvalue weighted by Crippen LogP contribution is -2.27. The third kappa shape index (κ3) is 3.23. The molecule has 100 valence electrons. The topological polar surface area (TPSA) is 78.9 Å². The van der Waals surface area contributed by atoms with Gasteiger partial charge in [0.25, 0.3) is 0 Å². The average Bonchev–Trinajstić information content (AvgIpc) is 2.49. The molecule has 0 aliphatic rings. The minimum Gasteiger partial charge on any atom is -0.323 e. The van der Waals surface area contributed by atoms with Gasteiger partial charge in [0, 0.05) is 4.47 Å². The van der Waals surface area contributed by atoms with Gasteiger partial charge in [-0.3, -0.25) is 4.79 Å². The molecule has 2 aromatic carbocycles. The Bertz CT molecular complexity index is 665. The van der Waals surface area contributed by atoms with Crippen LogP contribution in [-0.2, 0) is 4.79 Å². The zero-order valence-electron chi connectivity index (χ0n) is 10.5. The Morgan fingerprint density at radius 2 is 1.95 bits per heavy atom. The first-order valence-electron chi connectivity index (χ1n) is 5.93. The van der Waals surface area contributed by atoms with Crippen molar-refractivity contribution < 1.29 is 4.79 Å². The third-order valence-electron chi connectivity index (χ3n) is 2.80. The van der Waals surface area contributed by atoms with E-state index in [4.69, 9.17) is 11.0 Å². The lowest BCUT2D eigenvalue weighted by molar-refractivity contribution is -0.117. The number of nitrogens with one attached hydrogen (secondary N) is 1. The van der Waals surface area contributed by atoms with Gasteiger partial charge < -0.3 is 11.1 Å². The van der Waals surface area contributed by atoms with Gasteiger partial charge in [-0.15, -0.1) is 0 Å². The van der Waals surface area contributed by atoms with Crippen molar-refractivity contribution in [2.45, 2.75) is 6.04 Å². The molecular weight excluding hydrogens is 318 g/mol. The smallest absolute Gasteiger partial charge is 0.245 e. The molecule has 0 bridgehead atoms. The van der Waals surface area contributed by atoms with Crippen molar-refractivity contribution in [2.75, 3.05) is 5.32 Å². The summed E-state index contributed by atoms with van der Waals surface area (Å²) < 4.78 is 0.777. The molecule has 3 N–H and O–H groups in total. The second kappa shape index (κ2) is 6.33. The zero-order chi connectivity index (χ0) is 14.5. The van der Waals surface area contributed by atoms with Crippen LogP contribution in [0.4, 0.5) is 5.69 Å². The molecule has 0 spiro atoms. The Balaban J connectivity index is 2.19. The number of hydrogen-bond acceptors (Lipinski definition) is 3. The van der Waals surface area contributed by atoms with Crippen molar-refractivity contribution in [3.05, 3.63) is 64.1 Å². The van der Waals surface area contributed by atoms with E-state index in [-0.39, 0.29) is 5.91 Å². The summed E-state index contributed by atoms with van der Waals surface area (Å²) in [6, 6.07) is 15.4. The maximum atomic E-state index is 12.1. The number of nitrogens with two attached hydrogens (primary N) is 1. The number of halogens is 1. The highest BCUT2D eigenvalue weighted by Crippen LogP contribution is 2.21. The molecule has 0 aliphatic carbocycles. The molecule has 0 fully saturated rings. The first-order valence-corrected chi connectivity index (χ1v) is 6.72. The van der Waals surface area contributed by atoms with Crippen LogP contribution in [0.15, 0.2) is 53.0 Å². The van der Waals surface area contributed by atoms with E-state index >= 15 is 0 Å². The van der Waals surface area contributed by atoms with Gasteiger partial charge in [0.1, 0.15) is 12.1 Å². The van der Waals surface area contributed by atoms with Crippen LogP contribution in [0.1, 0.15) is 17.2 Å². The minimum absolute atomic E-state index is 0.352. The summed E-state index contributed by atoms with van der Waals surface area (Å²) in [6.07, 6.45) is 0. The second-order valence-electron chi connectivity index (χ2n) is 4.18. The molecule has 5 heteroatoms. The second-order valence-corrected chi connectivity index (χ2v) is 5.09. The van der Waals surface area contributed by atoms with Crippen molar-refractivity contribution in [2.24, 2.45) is 5.73 Å². The van der Waals surface area contributed by atoms with E-state index in [2.05, 4.69) is 21.2 Å². The van der Waals surface area contributed by atoms with Gasteiger partial charge in [-0.1, -0.05) is 46.3 Å². The fourth-order valence-corrected chi connectivity index (χ4v) is 2.10. The lowest BCUT2D eigenvalue weighted by atomic mass is 10.1. The number of benzene rings is 2. The first kappa shape index (κ1) is 14.3. The molecule has 1 amide bonds. The summed E-state index contributed by atoms with van der Waals surface area (Å²) >= 11 is 3.28. The predicted octanol–water partition coefficient (Wildman–Crippen LogP) is 2.96. The minimum atomic E-state index is -0.772. The van der Waals surface area contributed by atoms with Gasteiger partial charge >= 0.3 is 0 Å². The normalized spacial score (nSPS) is 11.4. The number of hydrogen-bond donors (Lipinski definition) is 2. The first-order chi connectivity index (χ1) is 9.61. The summed E-state index contributed by atoms with van der Waals surface area (Å²) in [7, 11) is 0. The number of amides is 1. The number of anilines is 1. The molecule has 1 unspecified atom stereocenters. The summed E-state index contributed by atoms with van der Waals surface area (Å²) in [6.45, 7) is 0. The maximum absolute atomic E-state index is 12.1. The van der Waals surface area contributed by atoms with E-state index < -0.39 is 6.04 Å². The highest BCUT2D eigenvalue weighted by Gasteiger charge is 2.16. The van der Waals surface area contributed by atoms with Gasteiger partial charge in [0.15, 0.2) is 0 Å². The van der Waals surface area contributed by atoms with Gasteiger partial charge in [-0.2, -0.15) is 5.26 Å². The van der Waals surface area contributed by atoms with E-state index in [9.17, 15) is 4.79 Å². The quantitative estimate of drug-likeness (QED) is 0.908. The van der Waals surface area contributed by atoms with E-state index in [1.807, 2.05) is 24.3 Å². The fraction of sp³-hybridized carbons (Fsp3) is 0.0667. The fourth-order valence-electron chi connectivity index (χ4n) is 1.74. The van der Waals surface area contributed by atoms with Gasteiger partial charge in [0.2, 0.25) is 5.91 Å². The molecule has 0 saturated carbocycles. The van der Waals surface area contributed by atoms with Crippen molar-refractivity contribution in [1.82, 2.24) is 0 Å². The monoisotopic (exact) mass is 329 g/mol. The number of rotatable bonds is 3. The Morgan fingerprint density at radius 3 is 2.60 bits per heavy atom.